The van der Waals surface area contributed by atoms with Crippen molar-refractivity contribution >= 4 is 23.5 Å². The zero-order valence-electron chi connectivity index (χ0n) is 16.2. The zero-order chi connectivity index (χ0) is 20.9. The first-order valence-corrected chi connectivity index (χ1v) is 10.2. The lowest BCUT2D eigenvalue weighted by atomic mass is 10.2. The smallest absolute Gasteiger partial charge is 0.313 e. The zero-order valence-corrected chi connectivity index (χ0v) is 17.0. The first kappa shape index (κ1) is 20.0. The van der Waals surface area contributed by atoms with E-state index >= 15 is 0 Å². The summed E-state index contributed by atoms with van der Waals surface area (Å²) in [5.41, 5.74) is 0.836. The Kier molecular flexibility index (Phi) is 5.99. The van der Waals surface area contributed by atoms with Crippen LogP contribution in [0.25, 0.3) is 5.69 Å². The number of ketones is 1. The summed E-state index contributed by atoms with van der Waals surface area (Å²) < 4.78 is 18.3. The molecule has 0 aliphatic carbocycles. The first-order valence-electron chi connectivity index (χ1n) is 9.26. The summed E-state index contributed by atoms with van der Waals surface area (Å²) in [6.07, 6.45) is -0.737. The van der Waals surface area contributed by atoms with E-state index < -0.39 is 12.1 Å². The van der Waals surface area contributed by atoms with Gasteiger partial charge in [0.1, 0.15) is 13.0 Å². The Morgan fingerprint density at radius 2 is 1.83 bits per heavy atom. The van der Waals surface area contributed by atoms with Crippen LogP contribution >= 0.6 is 11.8 Å². The van der Waals surface area contributed by atoms with E-state index in [0.29, 0.717) is 22.5 Å². The number of ether oxygens (including phenoxy) is 3. The molecule has 0 bridgehead atoms. The summed E-state index contributed by atoms with van der Waals surface area (Å²) in [6.45, 7) is 0.286. The highest BCUT2D eigenvalue weighted by atomic mass is 32.2. The molecule has 3 aromatic rings. The fourth-order valence-corrected chi connectivity index (χ4v) is 3.80. The number of Topliss-reactive ketones (excluding diaryl/α,β-unsaturated/α-hetero) is 1. The van der Waals surface area contributed by atoms with Gasteiger partial charge in [0.05, 0.1) is 12.9 Å². The van der Waals surface area contributed by atoms with Gasteiger partial charge in [-0.3, -0.25) is 14.2 Å². The third kappa shape index (κ3) is 4.30. The van der Waals surface area contributed by atoms with Crippen LogP contribution in [0, 0.1) is 0 Å². The highest BCUT2D eigenvalue weighted by molar-refractivity contribution is 7.99. The molecule has 1 aliphatic rings. The second-order valence-electron chi connectivity index (χ2n) is 6.46. The summed E-state index contributed by atoms with van der Waals surface area (Å²) in [6, 6.07) is 17.0. The van der Waals surface area contributed by atoms with E-state index in [0.717, 1.165) is 5.69 Å². The van der Waals surface area contributed by atoms with Crippen LogP contribution in [0.15, 0.2) is 59.8 Å². The molecule has 1 atom stereocenters. The minimum atomic E-state index is -0.558. The number of methoxy groups -OCH3 is 1. The molecule has 154 valence electrons. The van der Waals surface area contributed by atoms with Crippen molar-refractivity contribution in [3.05, 3.63) is 60.4 Å². The number of nitrogens with zero attached hydrogens (tertiary/aromatic N) is 3. The first-order chi connectivity index (χ1) is 14.7. The Morgan fingerprint density at radius 1 is 1.10 bits per heavy atom. The fraction of sp³-hybridized carbons (Fsp3) is 0.238. The highest BCUT2D eigenvalue weighted by Gasteiger charge is 2.29. The fourth-order valence-electron chi connectivity index (χ4n) is 2.98. The van der Waals surface area contributed by atoms with Gasteiger partial charge in [-0.25, -0.2) is 0 Å². The Hall–Kier alpha value is -3.33. The van der Waals surface area contributed by atoms with Gasteiger partial charge in [-0.2, -0.15) is 0 Å². The maximum atomic E-state index is 12.1. The third-order valence-corrected chi connectivity index (χ3v) is 5.39. The van der Waals surface area contributed by atoms with Crippen molar-refractivity contribution in [1.82, 2.24) is 14.8 Å². The van der Waals surface area contributed by atoms with Gasteiger partial charge >= 0.3 is 5.97 Å². The van der Waals surface area contributed by atoms with Gasteiger partial charge in [-0.05, 0) is 24.3 Å². The number of aromatic nitrogens is 3. The van der Waals surface area contributed by atoms with Gasteiger partial charge in [0.2, 0.25) is 0 Å². The molecule has 8 nitrogen and oxygen atoms in total. The van der Waals surface area contributed by atoms with Crippen molar-refractivity contribution < 1.29 is 23.8 Å². The summed E-state index contributed by atoms with van der Waals surface area (Å²) in [4.78, 5) is 23.4. The standard InChI is InChI=1S/C21H19N3O5S/c1-27-19(26)11-15(25)13-30-21-23-22-20(24(21)14-7-3-2-4-8-14)18-12-28-16-9-5-6-10-17(16)29-18/h2-10,18H,11-13H2,1H3/t18-/m0/s1. The number of carbonyl (C=O) groups excluding carboxylic acids is 2. The Labute approximate surface area is 177 Å². The number of hydrogen-bond acceptors (Lipinski definition) is 8. The van der Waals surface area contributed by atoms with Crippen LogP contribution in [0.5, 0.6) is 11.5 Å². The van der Waals surface area contributed by atoms with Crippen LogP contribution in [0.1, 0.15) is 18.3 Å². The second-order valence-corrected chi connectivity index (χ2v) is 7.40. The molecule has 9 heteroatoms. The average Bonchev–Trinajstić information content (AvgIpc) is 3.22. The number of para-hydroxylation sites is 3. The summed E-state index contributed by atoms with van der Waals surface area (Å²) in [5, 5.41) is 9.12. The van der Waals surface area contributed by atoms with Crippen LogP contribution in [0.4, 0.5) is 0 Å². The van der Waals surface area contributed by atoms with Crippen molar-refractivity contribution in [1.29, 1.82) is 0 Å². The highest BCUT2D eigenvalue weighted by Crippen LogP contribution is 2.36. The number of benzene rings is 2. The SMILES string of the molecule is COC(=O)CC(=O)CSc1nnc([C@@H]2COc3ccccc3O2)n1-c1ccccc1. The topological polar surface area (TPSA) is 92.5 Å². The maximum Gasteiger partial charge on any atom is 0.313 e. The molecule has 1 aromatic heterocycles. The molecular formula is C21H19N3O5S. The van der Waals surface area contributed by atoms with Crippen molar-refractivity contribution in [3.63, 3.8) is 0 Å². The Morgan fingerprint density at radius 3 is 2.60 bits per heavy atom. The van der Waals surface area contributed by atoms with Gasteiger partial charge in [-0.15, -0.1) is 10.2 Å². The van der Waals surface area contributed by atoms with Crippen LogP contribution < -0.4 is 9.47 Å². The van der Waals surface area contributed by atoms with Crippen LogP contribution in [-0.2, 0) is 14.3 Å². The van der Waals surface area contributed by atoms with E-state index in [9.17, 15) is 9.59 Å². The predicted molar refractivity (Wildman–Crippen MR) is 109 cm³/mol. The molecular weight excluding hydrogens is 406 g/mol. The van der Waals surface area contributed by atoms with Crippen molar-refractivity contribution in [3.8, 4) is 17.2 Å². The molecule has 0 N–H and O–H groups in total. The number of thioether (sulfide) groups is 1. The monoisotopic (exact) mass is 425 g/mol. The van der Waals surface area contributed by atoms with Crippen LogP contribution in [0.2, 0.25) is 0 Å². The maximum absolute atomic E-state index is 12.1. The average molecular weight is 425 g/mol. The minimum Gasteiger partial charge on any atom is -0.485 e. The molecule has 0 unspecified atom stereocenters. The van der Waals surface area contributed by atoms with Crippen LogP contribution in [0.3, 0.4) is 0 Å². The lowest BCUT2D eigenvalue weighted by Gasteiger charge is -2.26. The second kappa shape index (κ2) is 9.00. The minimum absolute atomic E-state index is 0.0743. The van der Waals surface area contributed by atoms with Crippen molar-refractivity contribution in [2.75, 3.05) is 19.5 Å². The van der Waals surface area contributed by atoms with Crippen molar-refractivity contribution in [2.24, 2.45) is 0 Å². The molecule has 30 heavy (non-hydrogen) atoms. The molecule has 0 radical (unpaired) electrons. The normalized spacial score (nSPS) is 14.9. The molecule has 4 rings (SSSR count). The van der Waals surface area contributed by atoms with E-state index in [1.807, 2.05) is 59.2 Å². The molecule has 0 amide bonds. The molecule has 2 heterocycles. The molecule has 1 aliphatic heterocycles. The lowest BCUT2D eigenvalue weighted by molar-refractivity contribution is -0.142. The molecule has 0 spiro atoms. The number of fused-ring (bicyclic) bond motifs is 1. The molecule has 2 aromatic carbocycles. The summed E-state index contributed by atoms with van der Waals surface area (Å²) in [5.74, 6) is 1.16. The van der Waals surface area contributed by atoms with E-state index in [2.05, 4.69) is 14.9 Å². The van der Waals surface area contributed by atoms with E-state index in [-0.39, 0.29) is 24.6 Å². The lowest BCUT2D eigenvalue weighted by Crippen LogP contribution is -2.24. The predicted octanol–water partition coefficient (Wildman–Crippen LogP) is 3.00. The van der Waals surface area contributed by atoms with E-state index in [4.69, 9.17) is 9.47 Å². The molecule has 0 fully saturated rings. The summed E-state index contributed by atoms with van der Waals surface area (Å²) >= 11 is 1.21. The summed E-state index contributed by atoms with van der Waals surface area (Å²) in [7, 11) is 1.26. The molecule has 0 saturated carbocycles. The third-order valence-electron chi connectivity index (χ3n) is 4.40. The van der Waals surface area contributed by atoms with Gasteiger partial charge < -0.3 is 14.2 Å². The number of hydrogen-bond donors (Lipinski definition) is 0. The Bertz CT molecular complexity index is 1050. The van der Waals surface area contributed by atoms with E-state index in [1.54, 1.807) is 0 Å². The quantitative estimate of drug-likeness (QED) is 0.324. The van der Waals surface area contributed by atoms with Crippen molar-refractivity contribution in [2.45, 2.75) is 17.7 Å². The largest absolute Gasteiger partial charge is 0.485 e. The van der Waals surface area contributed by atoms with Gasteiger partial charge in [-0.1, -0.05) is 42.1 Å². The van der Waals surface area contributed by atoms with Gasteiger partial charge in [0, 0.05) is 5.69 Å². The number of carbonyl (C=O) groups is 2. The van der Waals surface area contributed by atoms with E-state index in [1.165, 1.54) is 18.9 Å². The number of rotatable bonds is 7. The van der Waals surface area contributed by atoms with Gasteiger partial charge in [0.15, 0.2) is 34.4 Å². The number of esters is 1. The molecule has 0 saturated heterocycles. The van der Waals surface area contributed by atoms with Crippen LogP contribution in [-0.4, -0.2) is 46.0 Å². The van der Waals surface area contributed by atoms with Gasteiger partial charge in [0.25, 0.3) is 0 Å². The Balaban J connectivity index is 1.60.